The first-order chi connectivity index (χ1) is 9.94. The van der Waals surface area contributed by atoms with Gasteiger partial charge in [0.2, 0.25) is 0 Å². The van der Waals surface area contributed by atoms with Gasteiger partial charge in [-0.2, -0.15) is 0 Å². The molecule has 0 radical (unpaired) electrons. The Morgan fingerprint density at radius 1 is 1.10 bits per heavy atom. The highest BCUT2D eigenvalue weighted by Crippen LogP contribution is 2.11. The second-order valence-electron chi connectivity index (χ2n) is 5.42. The van der Waals surface area contributed by atoms with Gasteiger partial charge in [-0.15, -0.1) is 0 Å². The maximum atomic E-state index is 10.9. The molecule has 0 rings (SSSR count). The number of aliphatic carboxylic acids is 1. The molecule has 0 spiro atoms. The molecule has 0 aliphatic carbocycles. The van der Waals surface area contributed by atoms with Crippen molar-refractivity contribution in [2.45, 2.75) is 45.6 Å². The minimum Gasteiger partial charge on any atom is -0.480 e. The van der Waals surface area contributed by atoms with Gasteiger partial charge in [0, 0.05) is 26.3 Å². The van der Waals surface area contributed by atoms with Crippen molar-refractivity contribution in [3.63, 3.8) is 0 Å². The van der Waals surface area contributed by atoms with Gasteiger partial charge in [-0.25, -0.2) is 0 Å². The van der Waals surface area contributed by atoms with Gasteiger partial charge in [0.1, 0.15) is 5.54 Å². The molecule has 0 aromatic rings. The number of hydrogen-bond acceptors (Lipinski definition) is 5. The van der Waals surface area contributed by atoms with E-state index in [4.69, 9.17) is 20.3 Å². The molecule has 0 heterocycles. The molecule has 0 fully saturated rings. The molecule has 0 bridgehead atoms. The number of carbonyl (C=O) groups is 1. The Balaban J connectivity index is 3.95. The van der Waals surface area contributed by atoms with E-state index in [0.29, 0.717) is 19.6 Å². The second kappa shape index (κ2) is 11.9. The summed E-state index contributed by atoms with van der Waals surface area (Å²) in [6.45, 7) is 11.1. The van der Waals surface area contributed by atoms with Gasteiger partial charge < -0.3 is 20.3 Å². The summed E-state index contributed by atoms with van der Waals surface area (Å²) >= 11 is 0. The number of nitrogens with zero attached hydrogens (tertiary/aromatic N) is 1. The van der Waals surface area contributed by atoms with Crippen LogP contribution in [0.5, 0.6) is 0 Å². The van der Waals surface area contributed by atoms with E-state index in [2.05, 4.69) is 4.90 Å². The summed E-state index contributed by atoms with van der Waals surface area (Å²) in [5.41, 5.74) is 4.60. The molecule has 0 aliphatic heterocycles. The second-order valence-corrected chi connectivity index (χ2v) is 5.42. The van der Waals surface area contributed by atoms with Crippen LogP contribution in [0.4, 0.5) is 0 Å². The molecule has 0 saturated heterocycles. The van der Waals surface area contributed by atoms with E-state index < -0.39 is 11.5 Å². The monoisotopic (exact) mass is 304 g/mol. The highest BCUT2D eigenvalue weighted by Gasteiger charge is 2.26. The average Bonchev–Trinajstić information content (AvgIpc) is 2.43. The maximum absolute atomic E-state index is 10.9. The fourth-order valence-electron chi connectivity index (χ4n) is 1.95. The minimum atomic E-state index is -1.12. The van der Waals surface area contributed by atoms with Crippen LogP contribution in [0.2, 0.25) is 0 Å². The Kier molecular flexibility index (Phi) is 11.5. The summed E-state index contributed by atoms with van der Waals surface area (Å²) in [4.78, 5) is 13.2. The van der Waals surface area contributed by atoms with Crippen LogP contribution >= 0.6 is 0 Å². The van der Waals surface area contributed by atoms with Crippen molar-refractivity contribution in [2.75, 3.05) is 46.1 Å². The highest BCUT2D eigenvalue weighted by atomic mass is 16.5. The fourth-order valence-corrected chi connectivity index (χ4v) is 1.95. The van der Waals surface area contributed by atoms with Gasteiger partial charge in [0.05, 0.1) is 13.2 Å². The lowest BCUT2D eigenvalue weighted by Crippen LogP contribution is -2.44. The molecule has 0 saturated carbocycles. The topological polar surface area (TPSA) is 85.0 Å². The largest absolute Gasteiger partial charge is 0.480 e. The van der Waals surface area contributed by atoms with E-state index in [0.717, 1.165) is 45.7 Å². The van der Waals surface area contributed by atoms with E-state index in [9.17, 15) is 4.79 Å². The number of rotatable bonds is 14. The number of carboxylic acids is 1. The zero-order valence-electron chi connectivity index (χ0n) is 13.8. The van der Waals surface area contributed by atoms with Crippen LogP contribution in [-0.4, -0.2) is 67.6 Å². The number of nitrogens with two attached hydrogens (primary N) is 1. The molecule has 1 atom stereocenters. The molecular weight excluding hydrogens is 272 g/mol. The van der Waals surface area contributed by atoms with Gasteiger partial charge in [-0.1, -0.05) is 0 Å². The van der Waals surface area contributed by atoms with E-state index in [1.807, 2.05) is 13.8 Å². The van der Waals surface area contributed by atoms with Gasteiger partial charge in [0.15, 0.2) is 0 Å². The lowest BCUT2D eigenvalue weighted by molar-refractivity contribution is -0.142. The van der Waals surface area contributed by atoms with Crippen LogP contribution in [0, 0.1) is 0 Å². The number of hydrogen-bond donors (Lipinski definition) is 2. The summed E-state index contributed by atoms with van der Waals surface area (Å²) in [7, 11) is 0. The third-order valence-corrected chi connectivity index (χ3v) is 3.42. The Labute approximate surface area is 128 Å². The van der Waals surface area contributed by atoms with Crippen molar-refractivity contribution in [1.82, 2.24) is 4.90 Å². The van der Waals surface area contributed by atoms with Crippen LogP contribution < -0.4 is 5.73 Å². The van der Waals surface area contributed by atoms with Crippen molar-refractivity contribution in [1.29, 1.82) is 0 Å². The SMILES string of the molecule is CCOCCN(CCCCC(C)(N)C(=O)O)CCOCC. The molecule has 0 amide bonds. The van der Waals surface area contributed by atoms with Gasteiger partial charge in [-0.05, 0) is 46.6 Å². The predicted molar refractivity (Wildman–Crippen MR) is 83.5 cm³/mol. The van der Waals surface area contributed by atoms with Crippen molar-refractivity contribution < 1.29 is 19.4 Å². The van der Waals surface area contributed by atoms with Gasteiger partial charge >= 0.3 is 5.97 Å². The lowest BCUT2D eigenvalue weighted by atomic mass is 9.96. The van der Waals surface area contributed by atoms with Crippen molar-refractivity contribution >= 4 is 5.97 Å². The summed E-state index contributed by atoms with van der Waals surface area (Å²) in [6.07, 6.45) is 2.23. The average molecular weight is 304 g/mol. The summed E-state index contributed by atoms with van der Waals surface area (Å²) < 4.78 is 10.8. The summed E-state index contributed by atoms with van der Waals surface area (Å²) in [5.74, 6) is -0.938. The Morgan fingerprint density at radius 3 is 2.05 bits per heavy atom. The molecule has 3 N–H and O–H groups in total. The Bertz CT molecular complexity index is 262. The molecule has 6 heteroatoms. The van der Waals surface area contributed by atoms with Crippen LogP contribution in [-0.2, 0) is 14.3 Å². The third kappa shape index (κ3) is 10.6. The maximum Gasteiger partial charge on any atom is 0.323 e. The first kappa shape index (κ1) is 20.3. The highest BCUT2D eigenvalue weighted by molar-refractivity contribution is 5.77. The molecule has 6 nitrogen and oxygen atoms in total. The first-order valence-electron chi connectivity index (χ1n) is 7.84. The number of ether oxygens (including phenoxy) is 2. The standard InChI is InChI=1S/C15H32N2O4/c1-4-20-12-10-17(11-13-21-5-2)9-7-6-8-15(3,16)14(18)19/h4-13,16H2,1-3H3,(H,18,19). The Hall–Kier alpha value is -0.690. The van der Waals surface area contributed by atoms with Crippen LogP contribution in [0.15, 0.2) is 0 Å². The van der Waals surface area contributed by atoms with E-state index in [1.165, 1.54) is 0 Å². The summed E-state index contributed by atoms with van der Waals surface area (Å²) in [6, 6.07) is 0. The third-order valence-electron chi connectivity index (χ3n) is 3.42. The zero-order chi connectivity index (χ0) is 16.1. The number of unbranched alkanes of at least 4 members (excludes halogenated alkanes) is 1. The molecule has 21 heavy (non-hydrogen) atoms. The molecule has 0 aromatic carbocycles. The van der Waals surface area contributed by atoms with E-state index in [-0.39, 0.29) is 0 Å². The molecule has 0 aromatic heterocycles. The van der Waals surface area contributed by atoms with Crippen LogP contribution in [0.25, 0.3) is 0 Å². The quantitative estimate of drug-likeness (QED) is 0.471. The fraction of sp³-hybridized carbons (Fsp3) is 0.933. The minimum absolute atomic E-state index is 0.493. The first-order valence-corrected chi connectivity index (χ1v) is 7.84. The van der Waals surface area contributed by atoms with E-state index >= 15 is 0 Å². The molecule has 1 unspecified atom stereocenters. The smallest absolute Gasteiger partial charge is 0.323 e. The number of carboxylic acid groups (broad SMARTS) is 1. The predicted octanol–water partition coefficient (Wildman–Crippen LogP) is 1.33. The van der Waals surface area contributed by atoms with Crippen molar-refractivity contribution in [2.24, 2.45) is 5.73 Å². The van der Waals surface area contributed by atoms with Crippen LogP contribution in [0.3, 0.4) is 0 Å². The van der Waals surface area contributed by atoms with Crippen LogP contribution in [0.1, 0.15) is 40.0 Å². The van der Waals surface area contributed by atoms with Gasteiger partial charge in [0.25, 0.3) is 0 Å². The lowest BCUT2D eigenvalue weighted by Gasteiger charge is -2.23. The zero-order valence-corrected chi connectivity index (χ0v) is 13.8. The van der Waals surface area contributed by atoms with Crippen molar-refractivity contribution in [3.05, 3.63) is 0 Å². The van der Waals surface area contributed by atoms with Crippen molar-refractivity contribution in [3.8, 4) is 0 Å². The molecule has 126 valence electrons. The Morgan fingerprint density at radius 2 is 1.62 bits per heavy atom. The molecular formula is C15H32N2O4. The normalized spacial score (nSPS) is 14.3. The molecule has 0 aliphatic rings. The summed E-state index contributed by atoms with van der Waals surface area (Å²) in [5, 5.41) is 8.97. The van der Waals surface area contributed by atoms with Gasteiger partial charge in [-0.3, -0.25) is 9.69 Å². The van der Waals surface area contributed by atoms with E-state index in [1.54, 1.807) is 6.92 Å².